The first-order chi connectivity index (χ1) is 8.69. The van der Waals surface area contributed by atoms with E-state index in [1.54, 1.807) is 18.5 Å². The Balaban J connectivity index is 2.07. The summed E-state index contributed by atoms with van der Waals surface area (Å²) in [5, 5.41) is 15.3. The van der Waals surface area contributed by atoms with Crippen LogP contribution in [0.3, 0.4) is 0 Å². The van der Waals surface area contributed by atoms with Crippen molar-refractivity contribution >= 4 is 5.69 Å². The highest BCUT2D eigenvalue weighted by molar-refractivity contribution is 5.39. The van der Waals surface area contributed by atoms with E-state index in [2.05, 4.69) is 5.10 Å². The van der Waals surface area contributed by atoms with Gasteiger partial charge in [-0.3, -0.25) is 14.8 Å². The summed E-state index contributed by atoms with van der Waals surface area (Å²) in [6.45, 7) is 9.55. The topological polar surface area (TPSA) is 70.2 Å². The SMILES string of the molecule is Cc1nn(C2CC(OC(C)(C)C)C2)c(C)c1[N+](=O)[O-]. The van der Waals surface area contributed by atoms with Crippen LogP contribution in [0.15, 0.2) is 0 Å². The van der Waals surface area contributed by atoms with E-state index in [0.717, 1.165) is 12.8 Å². The molecule has 0 saturated heterocycles. The van der Waals surface area contributed by atoms with Crippen LogP contribution >= 0.6 is 0 Å². The zero-order chi connectivity index (χ0) is 14.4. The summed E-state index contributed by atoms with van der Waals surface area (Å²) >= 11 is 0. The molecule has 1 saturated carbocycles. The second-order valence-electron chi connectivity index (χ2n) is 6.20. The number of nitrogens with zero attached hydrogens (tertiary/aromatic N) is 3. The van der Waals surface area contributed by atoms with Gasteiger partial charge < -0.3 is 4.74 Å². The molecule has 0 spiro atoms. The minimum Gasteiger partial charge on any atom is -0.372 e. The Morgan fingerprint density at radius 2 is 1.95 bits per heavy atom. The van der Waals surface area contributed by atoms with Gasteiger partial charge in [0.05, 0.1) is 22.7 Å². The molecule has 0 bridgehead atoms. The van der Waals surface area contributed by atoms with Gasteiger partial charge in [-0.1, -0.05) is 0 Å². The first kappa shape index (κ1) is 14.0. The van der Waals surface area contributed by atoms with Crippen molar-refractivity contribution in [2.24, 2.45) is 0 Å². The standard InChI is InChI=1S/C13H21N3O3/c1-8-12(16(17)18)9(2)15(14-8)10-6-11(7-10)19-13(3,4)5/h10-11H,6-7H2,1-5H3. The Kier molecular flexibility index (Phi) is 3.38. The fourth-order valence-electron chi connectivity index (χ4n) is 2.61. The molecule has 1 heterocycles. The molecule has 6 heteroatoms. The van der Waals surface area contributed by atoms with Gasteiger partial charge >= 0.3 is 5.69 Å². The Bertz CT molecular complexity index is 496. The molecule has 0 atom stereocenters. The van der Waals surface area contributed by atoms with Crippen LogP contribution in [0.4, 0.5) is 5.69 Å². The summed E-state index contributed by atoms with van der Waals surface area (Å²) in [5.74, 6) is 0. The summed E-state index contributed by atoms with van der Waals surface area (Å²) in [6.07, 6.45) is 1.97. The van der Waals surface area contributed by atoms with Gasteiger partial charge in [-0.25, -0.2) is 0 Å². The van der Waals surface area contributed by atoms with E-state index in [9.17, 15) is 10.1 Å². The molecular weight excluding hydrogens is 246 g/mol. The molecule has 1 aliphatic rings. The van der Waals surface area contributed by atoms with Gasteiger partial charge in [-0.05, 0) is 47.5 Å². The lowest BCUT2D eigenvalue weighted by Gasteiger charge is -2.39. The van der Waals surface area contributed by atoms with Crippen LogP contribution in [0.25, 0.3) is 0 Å². The minimum absolute atomic E-state index is 0.139. The van der Waals surface area contributed by atoms with Crippen molar-refractivity contribution in [1.82, 2.24) is 9.78 Å². The normalized spacial score (nSPS) is 23.2. The third-order valence-electron chi connectivity index (χ3n) is 3.41. The Morgan fingerprint density at radius 1 is 1.37 bits per heavy atom. The summed E-state index contributed by atoms with van der Waals surface area (Å²) in [5.41, 5.74) is 1.13. The maximum absolute atomic E-state index is 11.0. The van der Waals surface area contributed by atoms with Crippen LogP contribution in [0.2, 0.25) is 0 Å². The molecule has 1 aromatic heterocycles. The van der Waals surface area contributed by atoms with Crippen molar-refractivity contribution in [2.75, 3.05) is 0 Å². The van der Waals surface area contributed by atoms with Crippen molar-refractivity contribution in [3.05, 3.63) is 21.5 Å². The maximum Gasteiger partial charge on any atom is 0.312 e. The molecule has 6 nitrogen and oxygen atoms in total. The molecule has 106 valence electrons. The summed E-state index contributed by atoms with van der Waals surface area (Å²) in [6, 6.07) is 0.222. The molecule has 1 fully saturated rings. The lowest BCUT2D eigenvalue weighted by Crippen LogP contribution is -2.39. The Morgan fingerprint density at radius 3 is 2.37 bits per heavy atom. The van der Waals surface area contributed by atoms with E-state index >= 15 is 0 Å². The van der Waals surface area contributed by atoms with Gasteiger partial charge in [0.15, 0.2) is 0 Å². The fourth-order valence-corrected chi connectivity index (χ4v) is 2.61. The predicted octanol–water partition coefficient (Wildman–Crippen LogP) is 2.93. The van der Waals surface area contributed by atoms with Crippen LogP contribution in [0.1, 0.15) is 51.0 Å². The van der Waals surface area contributed by atoms with Crippen molar-refractivity contribution in [3.63, 3.8) is 0 Å². The van der Waals surface area contributed by atoms with Crippen molar-refractivity contribution < 1.29 is 9.66 Å². The molecule has 0 amide bonds. The average molecular weight is 267 g/mol. The highest BCUT2D eigenvalue weighted by Crippen LogP contribution is 2.38. The van der Waals surface area contributed by atoms with Gasteiger partial charge in [-0.15, -0.1) is 0 Å². The molecule has 2 rings (SSSR count). The molecule has 19 heavy (non-hydrogen) atoms. The van der Waals surface area contributed by atoms with E-state index in [1.807, 2.05) is 20.8 Å². The number of aryl methyl sites for hydroxylation is 1. The molecule has 0 radical (unpaired) electrons. The summed E-state index contributed by atoms with van der Waals surface area (Å²) in [7, 11) is 0. The molecule has 1 aromatic rings. The summed E-state index contributed by atoms with van der Waals surface area (Å²) in [4.78, 5) is 10.6. The molecule has 0 aromatic carbocycles. The number of aromatic nitrogens is 2. The zero-order valence-electron chi connectivity index (χ0n) is 12.1. The largest absolute Gasteiger partial charge is 0.372 e. The number of ether oxygens (including phenoxy) is 1. The number of hydrogen-bond acceptors (Lipinski definition) is 4. The summed E-state index contributed by atoms with van der Waals surface area (Å²) < 4.78 is 7.66. The van der Waals surface area contributed by atoms with Crippen LogP contribution in [-0.4, -0.2) is 26.4 Å². The van der Waals surface area contributed by atoms with Gasteiger partial charge in [0.1, 0.15) is 11.4 Å². The van der Waals surface area contributed by atoms with E-state index in [4.69, 9.17) is 4.74 Å². The third-order valence-corrected chi connectivity index (χ3v) is 3.41. The number of hydrogen-bond donors (Lipinski definition) is 0. The van der Waals surface area contributed by atoms with Crippen LogP contribution < -0.4 is 0 Å². The lowest BCUT2D eigenvalue weighted by atomic mass is 9.88. The van der Waals surface area contributed by atoms with E-state index in [1.165, 1.54) is 0 Å². The van der Waals surface area contributed by atoms with E-state index < -0.39 is 0 Å². The highest BCUT2D eigenvalue weighted by Gasteiger charge is 2.37. The highest BCUT2D eigenvalue weighted by atomic mass is 16.6. The van der Waals surface area contributed by atoms with Crippen LogP contribution in [0.5, 0.6) is 0 Å². The number of rotatable bonds is 3. The van der Waals surface area contributed by atoms with Crippen molar-refractivity contribution in [3.8, 4) is 0 Å². The van der Waals surface area contributed by atoms with Crippen molar-refractivity contribution in [1.29, 1.82) is 0 Å². The predicted molar refractivity (Wildman–Crippen MR) is 71.3 cm³/mol. The average Bonchev–Trinajstić information content (AvgIpc) is 2.45. The fraction of sp³-hybridized carbons (Fsp3) is 0.769. The molecule has 0 unspecified atom stereocenters. The lowest BCUT2D eigenvalue weighted by molar-refractivity contribution is -0.386. The third kappa shape index (κ3) is 2.78. The molecular formula is C13H21N3O3. The molecule has 0 aliphatic heterocycles. The quantitative estimate of drug-likeness (QED) is 0.623. The van der Waals surface area contributed by atoms with Gasteiger partial charge in [0, 0.05) is 0 Å². The van der Waals surface area contributed by atoms with Crippen molar-refractivity contribution in [2.45, 2.75) is 65.2 Å². The van der Waals surface area contributed by atoms with Crippen LogP contribution in [-0.2, 0) is 4.74 Å². The van der Waals surface area contributed by atoms with Gasteiger partial charge in [0.2, 0.25) is 0 Å². The molecule has 0 N–H and O–H groups in total. The first-order valence-electron chi connectivity index (χ1n) is 6.57. The van der Waals surface area contributed by atoms with Gasteiger partial charge in [-0.2, -0.15) is 5.10 Å². The maximum atomic E-state index is 11.0. The second kappa shape index (κ2) is 4.59. The molecule has 1 aliphatic carbocycles. The zero-order valence-corrected chi connectivity index (χ0v) is 12.1. The number of nitro groups is 1. The monoisotopic (exact) mass is 267 g/mol. The Hall–Kier alpha value is -1.43. The smallest absolute Gasteiger partial charge is 0.312 e. The minimum atomic E-state index is -0.351. The first-order valence-corrected chi connectivity index (χ1v) is 6.57. The Labute approximate surface area is 112 Å². The van der Waals surface area contributed by atoms with Gasteiger partial charge in [0.25, 0.3) is 0 Å². The van der Waals surface area contributed by atoms with E-state index in [-0.39, 0.29) is 28.4 Å². The van der Waals surface area contributed by atoms with Crippen LogP contribution in [0, 0.1) is 24.0 Å². The second-order valence-corrected chi connectivity index (χ2v) is 6.20. The van der Waals surface area contributed by atoms with E-state index in [0.29, 0.717) is 11.4 Å².